The lowest BCUT2D eigenvalue weighted by atomic mass is 10.2. The van der Waals surface area contributed by atoms with Crippen molar-refractivity contribution in [3.05, 3.63) is 59.3 Å². The molecule has 12 heteroatoms. The Morgan fingerprint density at radius 2 is 1.94 bits per heavy atom. The maximum atomic E-state index is 12.9. The molecule has 0 aliphatic heterocycles. The highest BCUT2D eigenvalue weighted by molar-refractivity contribution is 6.05. The van der Waals surface area contributed by atoms with Gasteiger partial charge in [0.05, 0.1) is 11.1 Å². The summed E-state index contributed by atoms with van der Waals surface area (Å²) < 4.78 is 74.6. The molecule has 2 aromatic heterocycles. The molecule has 0 bridgehead atoms. The quantitative estimate of drug-likeness (QED) is 0.556. The van der Waals surface area contributed by atoms with Crippen molar-refractivity contribution in [2.45, 2.75) is 19.7 Å². The number of carbonyl (C=O) groups is 1. The van der Waals surface area contributed by atoms with Gasteiger partial charge in [-0.2, -0.15) is 27.1 Å². The molecule has 164 valence electrons. The molecular weight excluding hydrogens is 427 g/mol. The number of nitrogens with zero attached hydrogens (tertiary/aromatic N) is 3. The van der Waals surface area contributed by atoms with Gasteiger partial charge in [0.15, 0.2) is 5.82 Å². The largest absolute Gasteiger partial charge is 0.438 e. The van der Waals surface area contributed by atoms with Gasteiger partial charge < -0.3 is 14.8 Å². The third kappa shape index (κ3) is 5.08. The molecule has 0 saturated heterocycles. The van der Waals surface area contributed by atoms with Crippen molar-refractivity contribution >= 4 is 11.7 Å². The molecule has 0 radical (unpaired) electrons. The highest BCUT2D eigenvalue weighted by Crippen LogP contribution is 2.33. The van der Waals surface area contributed by atoms with Crippen LogP contribution in [0.2, 0.25) is 0 Å². The minimum Gasteiger partial charge on any atom is -0.438 e. The summed E-state index contributed by atoms with van der Waals surface area (Å²) in [6, 6.07) is 6.84. The summed E-state index contributed by atoms with van der Waals surface area (Å²) in [5.74, 6) is -1.48. The van der Waals surface area contributed by atoms with E-state index >= 15 is 0 Å². The number of aromatic nitrogens is 3. The summed E-state index contributed by atoms with van der Waals surface area (Å²) in [6.07, 6.45) is -3.28. The lowest BCUT2D eigenvalue weighted by molar-refractivity contribution is -0.137. The average Bonchev–Trinajstić information content (AvgIpc) is 2.95. The number of anilines is 1. The predicted molar refractivity (Wildman–Crippen MR) is 98.3 cm³/mol. The van der Waals surface area contributed by atoms with E-state index in [9.17, 15) is 26.7 Å². The predicted octanol–water partition coefficient (Wildman–Crippen LogP) is 4.79. The first-order valence-electron chi connectivity index (χ1n) is 8.66. The molecule has 7 nitrogen and oxygen atoms in total. The summed E-state index contributed by atoms with van der Waals surface area (Å²) in [6.45, 7) is -1.66. The first-order valence-corrected chi connectivity index (χ1v) is 8.66. The van der Waals surface area contributed by atoms with Crippen LogP contribution in [-0.2, 0) is 13.2 Å². The number of pyridine rings is 1. The molecule has 1 aromatic carbocycles. The molecule has 2 heterocycles. The number of halogens is 5. The lowest BCUT2D eigenvalue weighted by Crippen LogP contribution is -2.15. The highest BCUT2D eigenvalue weighted by Gasteiger charge is 2.31. The molecule has 1 N–H and O–H groups in total. The summed E-state index contributed by atoms with van der Waals surface area (Å²) in [7, 11) is 1.35. The van der Waals surface area contributed by atoms with E-state index in [4.69, 9.17) is 4.74 Å². The van der Waals surface area contributed by atoms with Gasteiger partial charge in [0.2, 0.25) is 11.8 Å². The van der Waals surface area contributed by atoms with Crippen LogP contribution in [-0.4, -0.2) is 27.3 Å². The average molecular weight is 442 g/mol. The van der Waals surface area contributed by atoms with Crippen LogP contribution < -0.4 is 14.8 Å². The Balaban J connectivity index is 1.85. The number of aryl methyl sites for hydroxylation is 1. The summed E-state index contributed by atoms with van der Waals surface area (Å²) in [4.78, 5) is 16.6. The van der Waals surface area contributed by atoms with Crippen molar-refractivity contribution in [3.8, 4) is 17.5 Å². The highest BCUT2D eigenvalue weighted by atomic mass is 19.4. The fourth-order valence-electron chi connectivity index (χ4n) is 2.65. The first-order chi connectivity index (χ1) is 14.6. The minimum atomic E-state index is -4.57. The van der Waals surface area contributed by atoms with E-state index in [0.717, 1.165) is 22.9 Å². The van der Waals surface area contributed by atoms with Crippen molar-refractivity contribution < 1.29 is 36.2 Å². The monoisotopic (exact) mass is 442 g/mol. The standard InChI is InChI=1S/C19H15F5N4O3/c1-10-14(27-28(2)17(10)31-18(20)21)26-15(29)13-7-4-8-25-16(13)30-12-6-3-5-11(9-12)19(22,23)24/h3-9,18H,1-2H3,(H,26,27,29). The molecule has 0 atom stereocenters. The van der Waals surface area contributed by atoms with E-state index in [-0.39, 0.29) is 34.5 Å². The normalized spacial score (nSPS) is 11.5. The van der Waals surface area contributed by atoms with E-state index < -0.39 is 24.3 Å². The van der Waals surface area contributed by atoms with E-state index in [1.165, 1.54) is 38.4 Å². The number of rotatable bonds is 6. The molecule has 3 rings (SSSR count). The molecule has 31 heavy (non-hydrogen) atoms. The number of hydrogen-bond donors (Lipinski definition) is 1. The Morgan fingerprint density at radius 3 is 2.61 bits per heavy atom. The van der Waals surface area contributed by atoms with Crippen molar-refractivity contribution in [3.63, 3.8) is 0 Å². The van der Waals surface area contributed by atoms with E-state index in [1.807, 2.05) is 0 Å². The number of amides is 1. The second-order valence-corrected chi connectivity index (χ2v) is 6.22. The van der Waals surface area contributed by atoms with Gasteiger partial charge in [-0.25, -0.2) is 9.67 Å². The van der Waals surface area contributed by atoms with E-state index in [1.54, 1.807) is 0 Å². The lowest BCUT2D eigenvalue weighted by Gasteiger charge is -2.12. The number of nitrogens with one attached hydrogen (secondary N) is 1. The maximum absolute atomic E-state index is 12.9. The Labute approximate surface area is 172 Å². The Morgan fingerprint density at radius 1 is 1.19 bits per heavy atom. The van der Waals surface area contributed by atoms with Crippen LogP contribution in [0.15, 0.2) is 42.6 Å². The Kier molecular flexibility index (Phi) is 6.09. The third-order valence-corrected chi connectivity index (χ3v) is 4.04. The van der Waals surface area contributed by atoms with Gasteiger partial charge in [0, 0.05) is 13.2 Å². The van der Waals surface area contributed by atoms with Gasteiger partial charge >= 0.3 is 12.8 Å². The number of ether oxygens (including phenoxy) is 2. The Hall–Kier alpha value is -3.70. The minimum absolute atomic E-state index is 0.0444. The van der Waals surface area contributed by atoms with Gasteiger partial charge in [-0.15, -0.1) is 0 Å². The van der Waals surface area contributed by atoms with Crippen LogP contribution in [0, 0.1) is 6.92 Å². The molecule has 0 aliphatic carbocycles. The molecule has 3 aromatic rings. The van der Waals surface area contributed by atoms with Crippen molar-refractivity contribution in [2.75, 3.05) is 5.32 Å². The summed E-state index contributed by atoms with van der Waals surface area (Å²) in [5.41, 5.74) is -0.885. The van der Waals surface area contributed by atoms with Crippen LogP contribution in [0.4, 0.5) is 27.8 Å². The van der Waals surface area contributed by atoms with Crippen LogP contribution in [0.25, 0.3) is 0 Å². The topological polar surface area (TPSA) is 78.3 Å². The van der Waals surface area contributed by atoms with Gasteiger partial charge in [-0.1, -0.05) is 6.07 Å². The third-order valence-electron chi connectivity index (χ3n) is 4.04. The molecule has 1 amide bonds. The zero-order chi connectivity index (χ0) is 22.8. The molecular formula is C19H15F5N4O3. The van der Waals surface area contributed by atoms with Crippen LogP contribution >= 0.6 is 0 Å². The second-order valence-electron chi connectivity index (χ2n) is 6.22. The molecule has 0 fully saturated rings. The zero-order valence-electron chi connectivity index (χ0n) is 16.1. The van der Waals surface area contributed by atoms with Crippen molar-refractivity contribution in [2.24, 2.45) is 7.05 Å². The van der Waals surface area contributed by atoms with Gasteiger partial charge in [0.25, 0.3) is 5.91 Å². The fraction of sp³-hybridized carbons (Fsp3) is 0.211. The van der Waals surface area contributed by atoms with Crippen molar-refractivity contribution in [1.29, 1.82) is 0 Å². The zero-order valence-corrected chi connectivity index (χ0v) is 16.1. The maximum Gasteiger partial charge on any atom is 0.416 e. The fourth-order valence-corrected chi connectivity index (χ4v) is 2.65. The van der Waals surface area contributed by atoms with Crippen LogP contribution in [0.3, 0.4) is 0 Å². The van der Waals surface area contributed by atoms with Crippen molar-refractivity contribution in [1.82, 2.24) is 14.8 Å². The SMILES string of the molecule is Cc1c(NC(=O)c2cccnc2Oc2cccc(C(F)(F)F)c2)nn(C)c1OC(F)F. The molecule has 0 saturated carbocycles. The molecule has 0 aliphatic rings. The van der Waals surface area contributed by atoms with Gasteiger partial charge in [-0.3, -0.25) is 4.79 Å². The second kappa shape index (κ2) is 8.58. The number of benzene rings is 1. The van der Waals surface area contributed by atoms with Crippen LogP contribution in [0.5, 0.6) is 17.5 Å². The molecule has 0 unspecified atom stereocenters. The number of carbonyl (C=O) groups excluding carboxylic acids is 1. The summed E-state index contributed by atoms with van der Waals surface area (Å²) in [5, 5.41) is 6.35. The van der Waals surface area contributed by atoms with Gasteiger partial charge in [0.1, 0.15) is 11.3 Å². The van der Waals surface area contributed by atoms with Gasteiger partial charge in [-0.05, 0) is 37.3 Å². The smallest absolute Gasteiger partial charge is 0.416 e. The number of hydrogen-bond acceptors (Lipinski definition) is 5. The van der Waals surface area contributed by atoms with E-state index in [0.29, 0.717) is 0 Å². The number of alkyl halides is 5. The van der Waals surface area contributed by atoms with E-state index in [2.05, 4.69) is 20.1 Å². The van der Waals surface area contributed by atoms with Crippen LogP contribution in [0.1, 0.15) is 21.5 Å². The molecule has 0 spiro atoms. The first kappa shape index (κ1) is 22.0. The Bertz CT molecular complexity index is 1100. The summed E-state index contributed by atoms with van der Waals surface area (Å²) >= 11 is 0.